The lowest BCUT2D eigenvalue weighted by Crippen LogP contribution is -2.34. The molecule has 2 N–H and O–H groups in total. The Hall–Kier alpha value is -1.78. The molecule has 0 saturated heterocycles. The molecule has 1 heterocycles. The smallest absolute Gasteiger partial charge is 0.213 e. The van der Waals surface area contributed by atoms with Crippen LogP contribution in [0.15, 0.2) is 23.3 Å². The van der Waals surface area contributed by atoms with Gasteiger partial charge in [-0.1, -0.05) is 0 Å². The minimum absolute atomic E-state index is 0.135. The maximum absolute atomic E-state index is 5.53. The van der Waals surface area contributed by atoms with Gasteiger partial charge in [-0.05, 0) is 25.5 Å². The minimum atomic E-state index is 0.135. The Morgan fingerprint density at radius 3 is 2.88 bits per heavy atom. The molecule has 0 amide bonds. The van der Waals surface area contributed by atoms with E-state index in [1.165, 1.54) is 0 Å². The molecule has 0 aliphatic heterocycles. The molecular formula is C12H20N4O. The normalized spacial score (nSPS) is 11.5. The molecular weight excluding hydrogens is 216 g/mol. The molecule has 94 valence electrons. The molecule has 0 aliphatic carbocycles. The van der Waals surface area contributed by atoms with E-state index in [1.807, 2.05) is 33.0 Å². The van der Waals surface area contributed by atoms with E-state index < -0.39 is 0 Å². The Balaban J connectivity index is 2.59. The number of aliphatic imine (C=N–C) groups is 1. The van der Waals surface area contributed by atoms with Crippen LogP contribution in [-0.4, -0.2) is 31.1 Å². The zero-order chi connectivity index (χ0) is 12.7. The SMILES string of the molecule is CN=C(NC)NCc1ccnc(OC(C)C)c1. The van der Waals surface area contributed by atoms with Crippen LogP contribution in [0.3, 0.4) is 0 Å². The first-order valence-electron chi connectivity index (χ1n) is 5.65. The summed E-state index contributed by atoms with van der Waals surface area (Å²) in [4.78, 5) is 8.19. The highest BCUT2D eigenvalue weighted by atomic mass is 16.5. The Kier molecular flexibility index (Phi) is 5.26. The van der Waals surface area contributed by atoms with Crippen molar-refractivity contribution in [1.82, 2.24) is 15.6 Å². The third-order valence-electron chi connectivity index (χ3n) is 2.08. The van der Waals surface area contributed by atoms with Crippen molar-refractivity contribution >= 4 is 5.96 Å². The number of nitrogens with zero attached hydrogens (tertiary/aromatic N) is 2. The average Bonchev–Trinajstić information content (AvgIpc) is 2.30. The summed E-state index contributed by atoms with van der Waals surface area (Å²) in [5, 5.41) is 6.13. The average molecular weight is 236 g/mol. The molecule has 0 aromatic carbocycles. The van der Waals surface area contributed by atoms with Gasteiger partial charge in [-0.15, -0.1) is 0 Å². The van der Waals surface area contributed by atoms with Gasteiger partial charge >= 0.3 is 0 Å². The van der Waals surface area contributed by atoms with E-state index in [9.17, 15) is 0 Å². The van der Waals surface area contributed by atoms with E-state index in [1.54, 1.807) is 13.2 Å². The predicted octanol–water partition coefficient (Wildman–Crippen LogP) is 1.16. The van der Waals surface area contributed by atoms with Gasteiger partial charge in [-0.3, -0.25) is 4.99 Å². The standard InChI is InChI=1S/C12H20N4O/c1-9(2)17-11-7-10(5-6-15-11)8-16-12(13-3)14-4/h5-7,9H,8H2,1-4H3,(H2,13,14,16). The van der Waals surface area contributed by atoms with E-state index in [2.05, 4.69) is 20.6 Å². The second kappa shape index (κ2) is 6.73. The number of hydrogen-bond acceptors (Lipinski definition) is 3. The van der Waals surface area contributed by atoms with Crippen LogP contribution in [0.25, 0.3) is 0 Å². The number of ether oxygens (including phenoxy) is 1. The monoisotopic (exact) mass is 236 g/mol. The predicted molar refractivity (Wildman–Crippen MR) is 69.3 cm³/mol. The van der Waals surface area contributed by atoms with Crippen molar-refractivity contribution in [2.75, 3.05) is 14.1 Å². The number of nitrogens with one attached hydrogen (secondary N) is 2. The van der Waals surface area contributed by atoms with Crippen LogP contribution in [-0.2, 0) is 6.54 Å². The lowest BCUT2D eigenvalue weighted by atomic mass is 10.2. The number of aromatic nitrogens is 1. The summed E-state index contributed by atoms with van der Waals surface area (Å²) in [6.07, 6.45) is 1.88. The summed E-state index contributed by atoms with van der Waals surface area (Å²) >= 11 is 0. The summed E-state index contributed by atoms with van der Waals surface area (Å²) in [5.41, 5.74) is 1.10. The van der Waals surface area contributed by atoms with Crippen LogP contribution in [0.4, 0.5) is 0 Å². The van der Waals surface area contributed by atoms with E-state index >= 15 is 0 Å². The van der Waals surface area contributed by atoms with Gasteiger partial charge in [-0.25, -0.2) is 4.98 Å². The van der Waals surface area contributed by atoms with Gasteiger partial charge in [0.25, 0.3) is 0 Å². The summed E-state index contributed by atoms with van der Waals surface area (Å²) in [6, 6.07) is 3.87. The highest BCUT2D eigenvalue weighted by Crippen LogP contribution is 2.10. The number of pyridine rings is 1. The van der Waals surface area contributed by atoms with Gasteiger partial charge in [0.05, 0.1) is 6.10 Å². The van der Waals surface area contributed by atoms with Gasteiger partial charge in [0, 0.05) is 32.9 Å². The maximum atomic E-state index is 5.53. The van der Waals surface area contributed by atoms with Gasteiger partial charge in [-0.2, -0.15) is 0 Å². The van der Waals surface area contributed by atoms with Crippen molar-refractivity contribution < 1.29 is 4.74 Å². The van der Waals surface area contributed by atoms with E-state index in [0.717, 1.165) is 11.5 Å². The molecule has 0 unspecified atom stereocenters. The number of guanidine groups is 1. The van der Waals surface area contributed by atoms with Crippen LogP contribution in [0.1, 0.15) is 19.4 Å². The Labute approximate surface area is 102 Å². The Morgan fingerprint density at radius 1 is 1.53 bits per heavy atom. The van der Waals surface area contributed by atoms with Crippen molar-refractivity contribution in [3.63, 3.8) is 0 Å². The number of rotatable bonds is 4. The fourth-order valence-electron chi connectivity index (χ4n) is 1.33. The van der Waals surface area contributed by atoms with Gasteiger partial charge in [0.15, 0.2) is 5.96 Å². The van der Waals surface area contributed by atoms with Gasteiger partial charge in [0.1, 0.15) is 0 Å². The Bertz CT molecular complexity index is 377. The van der Waals surface area contributed by atoms with Crippen molar-refractivity contribution in [3.05, 3.63) is 23.9 Å². The summed E-state index contributed by atoms with van der Waals surface area (Å²) in [5.74, 6) is 1.41. The molecule has 1 aromatic heterocycles. The molecule has 17 heavy (non-hydrogen) atoms. The molecule has 0 aliphatic rings. The van der Waals surface area contributed by atoms with Crippen LogP contribution in [0, 0.1) is 0 Å². The van der Waals surface area contributed by atoms with Crippen molar-refractivity contribution in [2.24, 2.45) is 4.99 Å². The molecule has 1 rings (SSSR count). The second-order valence-corrected chi connectivity index (χ2v) is 3.84. The highest BCUT2D eigenvalue weighted by molar-refractivity contribution is 5.79. The summed E-state index contributed by atoms with van der Waals surface area (Å²) < 4.78 is 5.53. The summed E-state index contributed by atoms with van der Waals surface area (Å²) in [6.45, 7) is 4.65. The summed E-state index contributed by atoms with van der Waals surface area (Å²) in [7, 11) is 3.56. The third kappa shape index (κ3) is 4.72. The van der Waals surface area contributed by atoms with Crippen molar-refractivity contribution in [2.45, 2.75) is 26.5 Å². The van der Waals surface area contributed by atoms with Gasteiger partial charge in [0.2, 0.25) is 5.88 Å². The van der Waals surface area contributed by atoms with Crippen LogP contribution < -0.4 is 15.4 Å². The number of hydrogen-bond donors (Lipinski definition) is 2. The Morgan fingerprint density at radius 2 is 2.29 bits per heavy atom. The lowest BCUT2D eigenvalue weighted by molar-refractivity contribution is 0.232. The van der Waals surface area contributed by atoms with Crippen LogP contribution in [0.5, 0.6) is 5.88 Å². The molecule has 0 saturated carbocycles. The van der Waals surface area contributed by atoms with Crippen molar-refractivity contribution in [1.29, 1.82) is 0 Å². The largest absolute Gasteiger partial charge is 0.475 e. The molecule has 1 aromatic rings. The lowest BCUT2D eigenvalue weighted by Gasteiger charge is -2.11. The van der Waals surface area contributed by atoms with Gasteiger partial charge < -0.3 is 15.4 Å². The first-order valence-corrected chi connectivity index (χ1v) is 5.65. The van der Waals surface area contributed by atoms with E-state index in [4.69, 9.17) is 4.74 Å². The second-order valence-electron chi connectivity index (χ2n) is 3.84. The molecule has 0 fully saturated rings. The van der Waals surface area contributed by atoms with Crippen LogP contribution in [0.2, 0.25) is 0 Å². The van der Waals surface area contributed by atoms with Crippen molar-refractivity contribution in [3.8, 4) is 5.88 Å². The zero-order valence-electron chi connectivity index (χ0n) is 10.8. The first-order chi connectivity index (χ1) is 8.15. The molecule has 5 heteroatoms. The van der Waals surface area contributed by atoms with E-state index in [-0.39, 0.29) is 6.10 Å². The maximum Gasteiger partial charge on any atom is 0.213 e. The molecule has 5 nitrogen and oxygen atoms in total. The fourth-order valence-corrected chi connectivity index (χ4v) is 1.33. The zero-order valence-corrected chi connectivity index (χ0v) is 10.8. The molecule has 0 bridgehead atoms. The highest BCUT2D eigenvalue weighted by Gasteiger charge is 2.01. The molecule has 0 spiro atoms. The molecule has 0 radical (unpaired) electrons. The third-order valence-corrected chi connectivity index (χ3v) is 2.08. The fraction of sp³-hybridized carbons (Fsp3) is 0.500. The van der Waals surface area contributed by atoms with E-state index in [0.29, 0.717) is 12.4 Å². The first kappa shape index (κ1) is 13.3. The van der Waals surface area contributed by atoms with Crippen LogP contribution >= 0.6 is 0 Å². The molecule has 0 atom stereocenters. The quantitative estimate of drug-likeness (QED) is 0.608. The minimum Gasteiger partial charge on any atom is -0.475 e. The topological polar surface area (TPSA) is 58.5 Å².